The number of amides is 1. The van der Waals surface area contributed by atoms with Gasteiger partial charge in [0.2, 0.25) is 0 Å². The number of hydrogen-bond donors (Lipinski definition) is 2. The van der Waals surface area contributed by atoms with E-state index in [1.807, 2.05) is 0 Å². The summed E-state index contributed by atoms with van der Waals surface area (Å²) < 4.78 is 18.6. The second-order valence-electron chi connectivity index (χ2n) is 4.82. The smallest absolute Gasteiger partial charge is 0.258 e. The van der Waals surface area contributed by atoms with Crippen molar-refractivity contribution in [2.75, 3.05) is 20.3 Å². The maximum absolute atomic E-state index is 13.6. The predicted molar refractivity (Wildman–Crippen MR) is 66.2 cm³/mol. The molecule has 4 nitrogen and oxygen atoms in total. The van der Waals surface area contributed by atoms with E-state index in [0.29, 0.717) is 0 Å². The number of halogens is 1. The minimum absolute atomic E-state index is 0.0678. The number of methoxy groups -OCH3 is 1. The van der Waals surface area contributed by atoms with Crippen LogP contribution < -0.4 is 10.1 Å². The molecule has 0 aliphatic carbocycles. The van der Waals surface area contributed by atoms with Crippen molar-refractivity contribution in [3.8, 4) is 5.75 Å². The van der Waals surface area contributed by atoms with E-state index in [-0.39, 0.29) is 24.5 Å². The van der Waals surface area contributed by atoms with Crippen LogP contribution in [0, 0.1) is 11.2 Å². The summed E-state index contributed by atoms with van der Waals surface area (Å²) in [6, 6.07) is 4.20. The Bertz CT molecular complexity index is 432. The molecule has 1 aromatic carbocycles. The molecule has 0 bridgehead atoms. The minimum Gasteiger partial charge on any atom is -0.496 e. The van der Waals surface area contributed by atoms with Crippen LogP contribution in [0.2, 0.25) is 0 Å². The third-order valence-corrected chi connectivity index (χ3v) is 2.58. The molecule has 0 radical (unpaired) electrons. The standard InChI is InChI=1S/C13H18FNO3/c1-13(2,8-16)7-15-12(17)11-9(14)5-4-6-10(11)18-3/h4-6,16H,7-8H2,1-3H3,(H,15,17). The third kappa shape index (κ3) is 3.43. The number of ether oxygens (including phenoxy) is 1. The first-order valence-corrected chi connectivity index (χ1v) is 5.63. The first kappa shape index (κ1) is 14.4. The Morgan fingerprint density at radius 1 is 1.50 bits per heavy atom. The maximum atomic E-state index is 13.6. The number of carbonyl (C=O) groups is 1. The largest absolute Gasteiger partial charge is 0.496 e. The van der Waals surface area contributed by atoms with E-state index < -0.39 is 17.1 Å². The normalized spacial score (nSPS) is 11.2. The SMILES string of the molecule is COc1cccc(F)c1C(=O)NCC(C)(C)CO. The molecule has 0 fully saturated rings. The Hall–Kier alpha value is -1.62. The number of nitrogens with one attached hydrogen (secondary N) is 1. The molecule has 0 saturated heterocycles. The fourth-order valence-corrected chi connectivity index (χ4v) is 1.36. The van der Waals surface area contributed by atoms with Gasteiger partial charge in [-0.3, -0.25) is 4.79 Å². The quantitative estimate of drug-likeness (QED) is 0.840. The maximum Gasteiger partial charge on any atom is 0.258 e. The van der Waals surface area contributed by atoms with Crippen LogP contribution >= 0.6 is 0 Å². The van der Waals surface area contributed by atoms with E-state index in [2.05, 4.69) is 5.32 Å². The molecule has 0 saturated carbocycles. The summed E-state index contributed by atoms with van der Waals surface area (Å²) in [5.74, 6) is -0.991. The van der Waals surface area contributed by atoms with Gasteiger partial charge in [-0.05, 0) is 12.1 Å². The summed E-state index contributed by atoms with van der Waals surface area (Å²) in [6.07, 6.45) is 0. The average molecular weight is 255 g/mol. The fraction of sp³-hybridized carbons (Fsp3) is 0.462. The van der Waals surface area contributed by atoms with Crippen molar-refractivity contribution in [3.63, 3.8) is 0 Å². The van der Waals surface area contributed by atoms with Crippen molar-refractivity contribution in [1.82, 2.24) is 5.32 Å². The highest BCUT2D eigenvalue weighted by Gasteiger charge is 2.21. The molecule has 0 aromatic heterocycles. The van der Waals surface area contributed by atoms with Gasteiger partial charge >= 0.3 is 0 Å². The molecule has 0 aliphatic rings. The Morgan fingerprint density at radius 3 is 2.72 bits per heavy atom. The highest BCUT2D eigenvalue weighted by molar-refractivity contribution is 5.97. The summed E-state index contributed by atoms with van der Waals surface area (Å²) >= 11 is 0. The molecule has 0 heterocycles. The van der Waals surface area contributed by atoms with Crippen molar-refractivity contribution < 1.29 is 19.0 Å². The summed E-state index contributed by atoms with van der Waals surface area (Å²) in [5.41, 5.74) is -0.567. The van der Waals surface area contributed by atoms with E-state index >= 15 is 0 Å². The van der Waals surface area contributed by atoms with Crippen molar-refractivity contribution in [1.29, 1.82) is 0 Å². The van der Waals surface area contributed by atoms with E-state index in [4.69, 9.17) is 9.84 Å². The zero-order valence-corrected chi connectivity index (χ0v) is 10.8. The minimum atomic E-state index is -0.631. The van der Waals surface area contributed by atoms with Crippen molar-refractivity contribution in [2.24, 2.45) is 5.41 Å². The molecule has 1 aromatic rings. The molecule has 0 unspecified atom stereocenters. The molecular formula is C13H18FNO3. The van der Waals surface area contributed by atoms with Crippen LogP contribution in [0.25, 0.3) is 0 Å². The van der Waals surface area contributed by atoms with Gasteiger partial charge < -0.3 is 15.2 Å². The lowest BCUT2D eigenvalue weighted by atomic mass is 9.95. The van der Waals surface area contributed by atoms with Gasteiger partial charge in [0.25, 0.3) is 5.91 Å². The van der Waals surface area contributed by atoms with Gasteiger partial charge in [0.1, 0.15) is 17.1 Å². The van der Waals surface area contributed by atoms with Crippen LogP contribution in [0.15, 0.2) is 18.2 Å². The number of aliphatic hydroxyl groups excluding tert-OH is 1. The van der Waals surface area contributed by atoms with Gasteiger partial charge in [0.05, 0.1) is 7.11 Å². The summed E-state index contributed by atoms with van der Waals surface area (Å²) in [5, 5.41) is 11.7. The number of benzene rings is 1. The lowest BCUT2D eigenvalue weighted by Gasteiger charge is -2.22. The van der Waals surface area contributed by atoms with Crippen LogP contribution in [0.3, 0.4) is 0 Å². The van der Waals surface area contributed by atoms with Gasteiger partial charge in [-0.25, -0.2) is 4.39 Å². The highest BCUT2D eigenvalue weighted by atomic mass is 19.1. The van der Waals surface area contributed by atoms with Crippen LogP contribution in [-0.2, 0) is 0 Å². The van der Waals surface area contributed by atoms with Gasteiger partial charge in [-0.15, -0.1) is 0 Å². The van der Waals surface area contributed by atoms with Crippen LogP contribution in [0.4, 0.5) is 4.39 Å². The molecule has 2 N–H and O–H groups in total. The Morgan fingerprint density at radius 2 is 2.17 bits per heavy atom. The Labute approximate surface area is 106 Å². The van der Waals surface area contributed by atoms with Crippen molar-refractivity contribution in [3.05, 3.63) is 29.6 Å². The Kier molecular flexibility index (Phi) is 4.67. The number of aliphatic hydroxyl groups is 1. The van der Waals surface area contributed by atoms with Gasteiger partial charge in [-0.1, -0.05) is 19.9 Å². The second kappa shape index (κ2) is 5.82. The van der Waals surface area contributed by atoms with Crippen LogP contribution in [-0.4, -0.2) is 31.3 Å². The van der Waals surface area contributed by atoms with Gasteiger partial charge in [0.15, 0.2) is 0 Å². The first-order valence-electron chi connectivity index (χ1n) is 5.63. The number of rotatable bonds is 5. The molecule has 0 aliphatic heterocycles. The topological polar surface area (TPSA) is 58.6 Å². The zero-order chi connectivity index (χ0) is 13.8. The lowest BCUT2D eigenvalue weighted by molar-refractivity contribution is 0.0904. The number of hydrogen-bond acceptors (Lipinski definition) is 3. The average Bonchev–Trinajstić information content (AvgIpc) is 2.35. The molecular weight excluding hydrogens is 237 g/mol. The fourth-order valence-electron chi connectivity index (χ4n) is 1.36. The van der Waals surface area contributed by atoms with E-state index in [0.717, 1.165) is 0 Å². The monoisotopic (exact) mass is 255 g/mol. The molecule has 100 valence electrons. The van der Waals surface area contributed by atoms with Crippen LogP contribution in [0.1, 0.15) is 24.2 Å². The predicted octanol–water partition coefficient (Wildman–Crippen LogP) is 1.58. The van der Waals surface area contributed by atoms with E-state index in [9.17, 15) is 9.18 Å². The Balaban J connectivity index is 2.85. The van der Waals surface area contributed by atoms with Crippen LogP contribution in [0.5, 0.6) is 5.75 Å². The van der Waals surface area contributed by atoms with E-state index in [1.165, 1.54) is 25.3 Å². The van der Waals surface area contributed by atoms with Crippen molar-refractivity contribution >= 4 is 5.91 Å². The first-order chi connectivity index (χ1) is 8.41. The zero-order valence-electron chi connectivity index (χ0n) is 10.8. The summed E-state index contributed by atoms with van der Waals surface area (Å²) in [6.45, 7) is 3.78. The molecule has 0 spiro atoms. The van der Waals surface area contributed by atoms with Gasteiger partial charge in [-0.2, -0.15) is 0 Å². The summed E-state index contributed by atoms with van der Waals surface area (Å²) in [4.78, 5) is 11.9. The molecule has 1 amide bonds. The second-order valence-corrected chi connectivity index (χ2v) is 4.82. The molecule has 5 heteroatoms. The highest BCUT2D eigenvalue weighted by Crippen LogP contribution is 2.21. The third-order valence-electron chi connectivity index (χ3n) is 2.58. The molecule has 18 heavy (non-hydrogen) atoms. The molecule has 1 rings (SSSR count). The van der Waals surface area contributed by atoms with Crippen molar-refractivity contribution in [2.45, 2.75) is 13.8 Å². The lowest BCUT2D eigenvalue weighted by Crippen LogP contribution is -2.36. The van der Waals surface area contributed by atoms with Gasteiger partial charge in [0, 0.05) is 18.6 Å². The summed E-state index contributed by atoms with van der Waals surface area (Å²) in [7, 11) is 1.38. The number of carbonyl (C=O) groups excluding carboxylic acids is 1. The van der Waals surface area contributed by atoms with E-state index in [1.54, 1.807) is 13.8 Å². The molecule has 0 atom stereocenters.